The second-order valence-electron chi connectivity index (χ2n) is 6.36. The monoisotopic (exact) mass is 389 g/mol. The maximum absolute atomic E-state index is 13.0. The van der Waals surface area contributed by atoms with Crippen molar-refractivity contribution in [1.82, 2.24) is 4.90 Å². The Morgan fingerprint density at radius 1 is 1.30 bits per heavy atom. The van der Waals surface area contributed by atoms with Gasteiger partial charge in [-0.05, 0) is 24.1 Å². The van der Waals surface area contributed by atoms with Crippen LogP contribution in [-0.2, 0) is 4.74 Å². The van der Waals surface area contributed by atoms with E-state index in [0.29, 0.717) is 48.4 Å². The topological polar surface area (TPSA) is 48.0 Å². The molecule has 1 atom stereocenters. The van der Waals surface area contributed by atoms with Crippen molar-refractivity contribution >= 4 is 17.5 Å². The number of hydrogen-bond acceptors (Lipinski definition) is 4. The van der Waals surface area contributed by atoms with Crippen molar-refractivity contribution in [2.45, 2.75) is 19.4 Å². The average molecular weight is 390 g/mol. The third kappa shape index (κ3) is 4.54. The molecule has 0 saturated carbocycles. The van der Waals surface area contributed by atoms with E-state index in [1.54, 1.807) is 24.1 Å². The molecule has 0 bridgehead atoms. The number of benzene rings is 2. The fraction of sp³-hybridized carbons (Fsp3) is 0.381. The second-order valence-corrected chi connectivity index (χ2v) is 6.77. The molecule has 1 fully saturated rings. The Hall–Kier alpha value is -2.24. The van der Waals surface area contributed by atoms with Crippen molar-refractivity contribution in [2.75, 3.05) is 33.4 Å². The summed E-state index contributed by atoms with van der Waals surface area (Å²) in [5.74, 6) is 0.843. The Labute approximate surface area is 164 Å². The molecule has 0 radical (unpaired) electrons. The van der Waals surface area contributed by atoms with Gasteiger partial charge in [-0.2, -0.15) is 0 Å². The molecule has 2 aromatic carbocycles. The van der Waals surface area contributed by atoms with Crippen LogP contribution in [0.4, 0.5) is 0 Å². The van der Waals surface area contributed by atoms with Gasteiger partial charge in [0.2, 0.25) is 0 Å². The number of rotatable bonds is 6. The summed E-state index contributed by atoms with van der Waals surface area (Å²) in [4.78, 5) is 14.8. The molecule has 27 heavy (non-hydrogen) atoms. The third-order valence-corrected chi connectivity index (χ3v) is 4.73. The molecule has 5 nitrogen and oxygen atoms in total. The fourth-order valence-corrected chi connectivity index (χ4v) is 3.34. The molecule has 1 amide bonds. The van der Waals surface area contributed by atoms with Gasteiger partial charge >= 0.3 is 0 Å². The zero-order valence-corrected chi connectivity index (χ0v) is 16.4. The summed E-state index contributed by atoms with van der Waals surface area (Å²) in [6.07, 6.45) is 0.725. The SMILES string of the molecule is CCCOc1c(Cl)cc(C(=O)N2CCOC(c3ccccc3)C2)cc1OC. The minimum absolute atomic E-state index is 0.0959. The maximum Gasteiger partial charge on any atom is 0.254 e. The largest absolute Gasteiger partial charge is 0.493 e. The van der Waals surface area contributed by atoms with Gasteiger partial charge in [0.1, 0.15) is 6.10 Å². The maximum atomic E-state index is 13.0. The highest BCUT2D eigenvalue weighted by atomic mass is 35.5. The molecule has 6 heteroatoms. The summed E-state index contributed by atoms with van der Waals surface area (Å²) in [7, 11) is 1.54. The van der Waals surface area contributed by atoms with E-state index in [9.17, 15) is 4.79 Å². The number of hydrogen-bond donors (Lipinski definition) is 0. The molecule has 0 N–H and O–H groups in total. The first-order valence-corrected chi connectivity index (χ1v) is 9.48. The van der Waals surface area contributed by atoms with E-state index in [1.807, 2.05) is 37.3 Å². The van der Waals surface area contributed by atoms with Gasteiger partial charge in [-0.15, -0.1) is 0 Å². The molecule has 1 saturated heterocycles. The van der Waals surface area contributed by atoms with Crippen molar-refractivity contribution in [3.63, 3.8) is 0 Å². The Bertz CT molecular complexity index is 781. The van der Waals surface area contributed by atoms with E-state index in [-0.39, 0.29) is 12.0 Å². The zero-order valence-electron chi connectivity index (χ0n) is 15.6. The van der Waals surface area contributed by atoms with E-state index in [0.717, 1.165) is 12.0 Å². The molecule has 1 aliphatic rings. The van der Waals surface area contributed by atoms with Crippen LogP contribution < -0.4 is 9.47 Å². The van der Waals surface area contributed by atoms with E-state index < -0.39 is 0 Å². The van der Waals surface area contributed by atoms with Crippen LogP contribution >= 0.6 is 11.6 Å². The average Bonchev–Trinajstić information content (AvgIpc) is 2.72. The number of halogens is 1. The quantitative estimate of drug-likeness (QED) is 0.736. The van der Waals surface area contributed by atoms with Gasteiger partial charge in [-0.1, -0.05) is 48.9 Å². The summed E-state index contributed by atoms with van der Waals surface area (Å²) in [5, 5.41) is 0.374. The fourth-order valence-electron chi connectivity index (χ4n) is 3.07. The second kappa shape index (κ2) is 9.11. The summed E-state index contributed by atoms with van der Waals surface area (Å²) in [6.45, 7) is 4.08. The predicted octanol–water partition coefficient (Wildman–Crippen LogP) is 4.35. The van der Waals surface area contributed by atoms with Gasteiger partial charge in [0.05, 0.1) is 31.9 Å². The van der Waals surface area contributed by atoms with Crippen molar-refractivity contribution in [1.29, 1.82) is 0 Å². The number of nitrogens with zero attached hydrogens (tertiary/aromatic N) is 1. The minimum Gasteiger partial charge on any atom is -0.493 e. The highest BCUT2D eigenvalue weighted by Crippen LogP contribution is 2.37. The molecular formula is C21H24ClNO4. The van der Waals surface area contributed by atoms with Gasteiger partial charge in [-0.3, -0.25) is 4.79 Å². The van der Waals surface area contributed by atoms with E-state index in [1.165, 1.54) is 0 Å². The molecular weight excluding hydrogens is 366 g/mol. The van der Waals surface area contributed by atoms with Crippen molar-refractivity contribution in [3.8, 4) is 11.5 Å². The normalized spacial score (nSPS) is 16.9. The standard InChI is InChI=1S/C21H24ClNO4/c1-3-10-27-20-17(22)12-16(13-18(20)25-2)21(24)23-9-11-26-19(14-23)15-7-5-4-6-8-15/h4-8,12-13,19H,3,9-11,14H2,1-2H3. The Kier molecular flexibility index (Phi) is 6.58. The molecule has 144 valence electrons. The first kappa shape index (κ1) is 19.5. The van der Waals surface area contributed by atoms with Crippen LogP contribution in [-0.4, -0.2) is 44.2 Å². The number of carbonyl (C=O) groups is 1. The number of morpholine rings is 1. The molecule has 1 aliphatic heterocycles. The van der Waals surface area contributed by atoms with E-state index in [2.05, 4.69) is 0 Å². The van der Waals surface area contributed by atoms with Crippen molar-refractivity contribution in [3.05, 3.63) is 58.6 Å². The Morgan fingerprint density at radius 2 is 2.07 bits per heavy atom. The minimum atomic E-state index is -0.131. The van der Waals surface area contributed by atoms with Gasteiger partial charge in [0.25, 0.3) is 5.91 Å². The van der Waals surface area contributed by atoms with Gasteiger partial charge in [0.15, 0.2) is 11.5 Å². The zero-order chi connectivity index (χ0) is 19.2. The predicted molar refractivity (Wildman–Crippen MR) is 105 cm³/mol. The van der Waals surface area contributed by atoms with Crippen LogP contribution in [0.3, 0.4) is 0 Å². The van der Waals surface area contributed by atoms with Crippen molar-refractivity contribution in [2.24, 2.45) is 0 Å². The van der Waals surface area contributed by atoms with E-state index >= 15 is 0 Å². The van der Waals surface area contributed by atoms with Crippen LogP contribution in [0.1, 0.15) is 35.4 Å². The lowest BCUT2D eigenvalue weighted by Crippen LogP contribution is -2.42. The van der Waals surface area contributed by atoms with Gasteiger partial charge in [-0.25, -0.2) is 0 Å². The van der Waals surface area contributed by atoms with Gasteiger partial charge in [0, 0.05) is 12.1 Å². The molecule has 1 unspecified atom stereocenters. The summed E-state index contributed by atoms with van der Waals surface area (Å²) in [5.41, 5.74) is 1.54. The first-order valence-electron chi connectivity index (χ1n) is 9.10. The van der Waals surface area contributed by atoms with Crippen LogP contribution in [0, 0.1) is 0 Å². The lowest BCUT2D eigenvalue weighted by molar-refractivity contribution is -0.0228. The summed E-state index contributed by atoms with van der Waals surface area (Å²) >= 11 is 6.36. The van der Waals surface area contributed by atoms with Crippen molar-refractivity contribution < 1.29 is 19.0 Å². The number of carbonyl (C=O) groups excluding carboxylic acids is 1. The highest BCUT2D eigenvalue weighted by molar-refractivity contribution is 6.32. The van der Waals surface area contributed by atoms with Gasteiger partial charge < -0.3 is 19.1 Å². The van der Waals surface area contributed by atoms with Crippen LogP contribution in [0.5, 0.6) is 11.5 Å². The number of amides is 1. The first-order chi connectivity index (χ1) is 13.1. The molecule has 0 aromatic heterocycles. The lowest BCUT2D eigenvalue weighted by Gasteiger charge is -2.33. The molecule has 3 rings (SSSR count). The summed E-state index contributed by atoms with van der Waals surface area (Å²) in [6, 6.07) is 13.3. The molecule has 2 aromatic rings. The third-order valence-electron chi connectivity index (χ3n) is 4.45. The van der Waals surface area contributed by atoms with Crippen LogP contribution in [0.2, 0.25) is 5.02 Å². The molecule has 0 spiro atoms. The Morgan fingerprint density at radius 3 is 2.78 bits per heavy atom. The molecule has 1 heterocycles. The highest BCUT2D eigenvalue weighted by Gasteiger charge is 2.27. The summed E-state index contributed by atoms with van der Waals surface area (Å²) < 4.78 is 16.9. The van der Waals surface area contributed by atoms with Crippen LogP contribution in [0.15, 0.2) is 42.5 Å². The Balaban J connectivity index is 1.79. The smallest absolute Gasteiger partial charge is 0.254 e. The van der Waals surface area contributed by atoms with Crippen LogP contribution in [0.25, 0.3) is 0 Å². The lowest BCUT2D eigenvalue weighted by atomic mass is 10.1. The number of methoxy groups -OCH3 is 1. The molecule has 0 aliphatic carbocycles. The van der Waals surface area contributed by atoms with E-state index in [4.69, 9.17) is 25.8 Å². The number of ether oxygens (including phenoxy) is 3.